The summed E-state index contributed by atoms with van der Waals surface area (Å²) in [5.74, 6) is -2.03. The number of aliphatic hydroxyl groups is 1. The molecule has 0 aliphatic carbocycles. The van der Waals surface area contributed by atoms with E-state index in [2.05, 4.69) is 20.8 Å². The number of carbonyl (C=O) groups excluding carboxylic acids is 3. The third kappa shape index (κ3) is 6.54. The van der Waals surface area contributed by atoms with Crippen LogP contribution in [0.4, 0.5) is 0 Å². The first-order valence-electron chi connectivity index (χ1n) is 9.15. The molecule has 1 heterocycles. The van der Waals surface area contributed by atoms with Gasteiger partial charge >= 0.3 is 17.9 Å². The molecule has 0 bridgehead atoms. The van der Waals surface area contributed by atoms with Crippen molar-refractivity contribution in [3.05, 3.63) is 0 Å². The van der Waals surface area contributed by atoms with Gasteiger partial charge in [0.1, 0.15) is 6.10 Å². The minimum Gasteiger partial charge on any atom is -0.456 e. The lowest BCUT2D eigenvalue weighted by Crippen LogP contribution is -2.62. The maximum atomic E-state index is 11.6. The molecule has 28 heavy (non-hydrogen) atoms. The SMILES string of the molecule is CC(=O)O[C@@H]1[C@H](OC(C)=O)[C@@H](O)O[C@H](CO[Si](C)(C)C(C)(C)C)[C@H]1OC(C)=O. The molecular weight excluding hydrogens is 388 g/mol. The minimum absolute atomic E-state index is 0.00998. The van der Waals surface area contributed by atoms with Crippen LogP contribution < -0.4 is 0 Å². The highest BCUT2D eigenvalue weighted by Gasteiger charge is 2.52. The highest BCUT2D eigenvalue weighted by Crippen LogP contribution is 2.37. The molecule has 1 rings (SSSR count). The summed E-state index contributed by atoms with van der Waals surface area (Å²) >= 11 is 0. The Morgan fingerprint density at radius 2 is 1.32 bits per heavy atom. The fourth-order valence-electron chi connectivity index (χ4n) is 2.51. The van der Waals surface area contributed by atoms with E-state index in [1.165, 1.54) is 13.8 Å². The summed E-state index contributed by atoms with van der Waals surface area (Å²) < 4.78 is 27.3. The van der Waals surface area contributed by atoms with Crippen molar-refractivity contribution in [3.8, 4) is 0 Å². The number of ether oxygens (including phenoxy) is 4. The van der Waals surface area contributed by atoms with Crippen LogP contribution in [0, 0.1) is 0 Å². The Hall–Kier alpha value is -1.49. The highest BCUT2D eigenvalue weighted by atomic mass is 28.4. The molecule has 0 amide bonds. The Morgan fingerprint density at radius 3 is 1.75 bits per heavy atom. The van der Waals surface area contributed by atoms with Gasteiger partial charge in [0.2, 0.25) is 0 Å². The summed E-state index contributed by atoms with van der Waals surface area (Å²) in [6.45, 7) is 13.8. The van der Waals surface area contributed by atoms with Crippen LogP contribution in [0.25, 0.3) is 0 Å². The van der Waals surface area contributed by atoms with E-state index in [0.717, 1.165) is 6.92 Å². The second kappa shape index (κ2) is 9.34. The van der Waals surface area contributed by atoms with Gasteiger partial charge in [-0.3, -0.25) is 14.4 Å². The molecular formula is C18H32O9Si. The largest absolute Gasteiger partial charge is 0.456 e. The van der Waals surface area contributed by atoms with Gasteiger partial charge in [0, 0.05) is 20.8 Å². The second-order valence-corrected chi connectivity index (χ2v) is 13.2. The monoisotopic (exact) mass is 420 g/mol. The molecule has 1 N–H and O–H groups in total. The van der Waals surface area contributed by atoms with Gasteiger partial charge in [-0.1, -0.05) is 20.8 Å². The molecule has 162 valence electrons. The van der Waals surface area contributed by atoms with Crippen molar-refractivity contribution >= 4 is 26.2 Å². The normalized spacial score (nSPS) is 28.4. The predicted octanol–water partition coefficient (Wildman–Crippen LogP) is 1.52. The first kappa shape index (κ1) is 24.5. The van der Waals surface area contributed by atoms with E-state index in [0.29, 0.717) is 0 Å². The Balaban J connectivity index is 3.15. The predicted molar refractivity (Wildman–Crippen MR) is 101 cm³/mol. The number of hydrogen-bond donors (Lipinski definition) is 1. The average Bonchev–Trinajstić information content (AvgIpc) is 2.49. The molecule has 0 aromatic heterocycles. The van der Waals surface area contributed by atoms with Gasteiger partial charge in [0.25, 0.3) is 0 Å². The van der Waals surface area contributed by atoms with Crippen molar-refractivity contribution in [1.29, 1.82) is 0 Å². The summed E-state index contributed by atoms with van der Waals surface area (Å²) in [6.07, 6.45) is -6.17. The van der Waals surface area contributed by atoms with E-state index < -0.39 is 56.9 Å². The van der Waals surface area contributed by atoms with Crippen molar-refractivity contribution in [2.75, 3.05) is 6.61 Å². The topological polar surface area (TPSA) is 118 Å². The highest BCUT2D eigenvalue weighted by molar-refractivity contribution is 6.74. The fraction of sp³-hybridized carbons (Fsp3) is 0.833. The van der Waals surface area contributed by atoms with Gasteiger partial charge in [-0.25, -0.2) is 0 Å². The lowest BCUT2D eigenvalue weighted by molar-refractivity contribution is -0.294. The molecule has 1 fully saturated rings. The Labute approximate surface area is 166 Å². The number of aliphatic hydroxyl groups excluding tert-OH is 1. The first-order valence-corrected chi connectivity index (χ1v) is 12.1. The van der Waals surface area contributed by atoms with E-state index in [9.17, 15) is 19.5 Å². The average molecular weight is 421 g/mol. The molecule has 5 atom stereocenters. The number of esters is 3. The lowest BCUT2D eigenvalue weighted by Gasteiger charge is -2.44. The Morgan fingerprint density at radius 1 is 0.893 bits per heavy atom. The molecule has 0 saturated carbocycles. The first-order chi connectivity index (χ1) is 12.7. The summed E-state index contributed by atoms with van der Waals surface area (Å²) in [5, 5.41) is 10.3. The van der Waals surface area contributed by atoms with Crippen LogP contribution in [0.5, 0.6) is 0 Å². The van der Waals surface area contributed by atoms with Crippen LogP contribution in [0.3, 0.4) is 0 Å². The third-order valence-corrected chi connectivity index (χ3v) is 9.43. The van der Waals surface area contributed by atoms with E-state index in [1.54, 1.807) is 0 Å². The molecule has 10 heteroatoms. The van der Waals surface area contributed by atoms with Crippen LogP contribution in [0.1, 0.15) is 41.5 Å². The number of carbonyl (C=O) groups is 3. The Bertz CT molecular complexity index is 584. The quantitative estimate of drug-likeness (QED) is 0.387. The van der Waals surface area contributed by atoms with Gasteiger partial charge in [0.05, 0.1) is 6.61 Å². The molecule has 1 aliphatic rings. The van der Waals surface area contributed by atoms with Crippen LogP contribution in [0.15, 0.2) is 0 Å². The van der Waals surface area contributed by atoms with E-state index in [-0.39, 0.29) is 11.6 Å². The van der Waals surface area contributed by atoms with E-state index in [1.807, 2.05) is 13.1 Å². The molecule has 9 nitrogen and oxygen atoms in total. The molecule has 0 spiro atoms. The summed E-state index contributed by atoms with van der Waals surface area (Å²) in [6, 6.07) is 0. The minimum atomic E-state index is -2.17. The number of rotatable bonds is 6. The van der Waals surface area contributed by atoms with Crippen molar-refractivity contribution in [2.45, 2.75) is 90.4 Å². The van der Waals surface area contributed by atoms with E-state index >= 15 is 0 Å². The van der Waals surface area contributed by atoms with Gasteiger partial charge in [-0.05, 0) is 18.1 Å². The van der Waals surface area contributed by atoms with Crippen LogP contribution in [-0.2, 0) is 37.8 Å². The molecule has 0 radical (unpaired) electrons. The van der Waals surface area contributed by atoms with Gasteiger partial charge in [0.15, 0.2) is 32.9 Å². The molecule has 0 aromatic carbocycles. The lowest BCUT2D eigenvalue weighted by atomic mass is 9.98. The third-order valence-electron chi connectivity index (χ3n) is 4.93. The van der Waals surface area contributed by atoms with Crippen LogP contribution in [-0.4, -0.2) is 68.6 Å². The van der Waals surface area contributed by atoms with Gasteiger partial charge in [-0.2, -0.15) is 0 Å². The van der Waals surface area contributed by atoms with Gasteiger partial charge < -0.3 is 28.5 Å². The zero-order valence-electron chi connectivity index (χ0n) is 17.8. The number of hydrogen-bond acceptors (Lipinski definition) is 9. The van der Waals surface area contributed by atoms with Crippen molar-refractivity contribution in [3.63, 3.8) is 0 Å². The molecule has 0 aromatic rings. The maximum absolute atomic E-state index is 11.6. The standard InChI is InChI=1S/C18H32O9Si/c1-10(19)24-14-13(9-23-28(7,8)18(4,5)6)27-17(22)16(26-12(3)21)15(14)25-11(2)20/h13-17,22H,9H2,1-8H3/t13-,14-,15+,16+,17+/m1/s1. The maximum Gasteiger partial charge on any atom is 0.303 e. The second-order valence-electron chi connectivity index (χ2n) is 8.36. The van der Waals surface area contributed by atoms with E-state index in [4.69, 9.17) is 23.4 Å². The molecule has 1 saturated heterocycles. The summed E-state index contributed by atoms with van der Waals surface area (Å²) in [5.41, 5.74) is 0. The zero-order chi connectivity index (χ0) is 21.9. The smallest absolute Gasteiger partial charge is 0.303 e. The summed E-state index contributed by atoms with van der Waals surface area (Å²) in [7, 11) is -2.17. The van der Waals surface area contributed by atoms with Crippen LogP contribution >= 0.6 is 0 Å². The van der Waals surface area contributed by atoms with Crippen molar-refractivity contribution < 1.29 is 42.9 Å². The van der Waals surface area contributed by atoms with Crippen molar-refractivity contribution in [1.82, 2.24) is 0 Å². The summed E-state index contributed by atoms with van der Waals surface area (Å²) in [4.78, 5) is 34.6. The zero-order valence-corrected chi connectivity index (χ0v) is 18.8. The molecule has 1 aliphatic heterocycles. The van der Waals surface area contributed by atoms with Crippen molar-refractivity contribution in [2.24, 2.45) is 0 Å². The molecule has 0 unspecified atom stereocenters. The van der Waals surface area contributed by atoms with Crippen LogP contribution in [0.2, 0.25) is 18.1 Å². The fourth-order valence-corrected chi connectivity index (χ4v) is 3.53. The Kier molecular flexibility index (Phi) is 8.18. The van der Waals surface area contributed by atoms with Gasteiger partial charge in [-0.15, -0.1) is 0 Å².